The quantitative estimate of drug-likeness (QED) is 0.263. The number of nitrogens with zero attached hydrogens (tertiary/aromatic N) is 2. The summed E-state index contributed by atoms with van der Waals surface area (Å²) in [7, 11) is 1.63. The Morgan fingerprint density at radius 1 is 1.41 bits per heavy atom. The second-order valence-electron chi connectivity index (χ2n) is 4.90. The van der Waals surface area contributed by atoms with Crippen molar-refractivity contribution < 1.29 is 19.9 Å². The van der Waals surface area contributed by atoms with Crippen LogP contribution in [0.3, 0.4) is 0 Å². The van der Waals surface area contributed by atoms with Gasteiger partial charge in [0.05, 0.1) is 11.5 Å². The van der Waals surface area contributed by atoms with Crippen LogP contribution >= 0.6 is 0 Å². The van der Waals surface area contributed by atoms with Gasteiger partial charge in [-0.2, -0.15) is 0 Å². The highest BCUT2D eigenvalue weighted by molar-refractivity contribution is 5.76. The third kappa shape index (κ3) is 4.66. The summed E-state index contributed by atoms with van der Waals surface area (Å²) < 4.78 is 0. The lowest BCUT2D eigenvalue weighted by molar-refractivity contribution is -0.386. The van der Waals surface area contributed by atoms with Crippen molar-refractivity contribution in [3.63, 3.8) is 0 Å². The molecular weight excluding hydrogens is 288 g/mol. The number of hydrogen-bond acceptors (Lipinski definition) is 5. The Hall–Kier alpha value is -2.75. The third-order valence-corrected chi connectivity index (χ3v) is 3.19. The van der Waals surface area contributed by atoms with Crippen LogP contribution in [0.4, 0.5) is 5.69 Å². The van der Waals surface area contributed by atoms with Crippen LogP contribution in [0.2, 0.25) is 0 Å². The summed E-state index contributed by atoms with van der Waals surface area (Å²) in [5, 5.41) is 29.6. The molecule has 7 heteroatoms. The normalized spacial score (nSPS) is 10.0. The highest BCUT2D eigenvalue weighted by atomic mass is 16.6. The molecule has 0 unspecified atom stereocenters. The SMILES string of the molecule is C#CCN(C)C(=O)CCCCc1cc(O)c(O)c([N+](=O)[O-])c1. The van der Waals surface area contributed by atoms with E-state index in [0.29, 0.717) is 31.2 Å². The zero-order valence-electron chi connectivity index (χ0n) is 12.3. The smallest absolute Gasteiger partial charge is 0.314 e. The molecule has 0 atom stereocenters. The van der Waals surface area contributed by atoms with Crippen LogP contribution < -0.4 is 0 Å². The predicted octanol–water partition coefficient (Wildman–Crippen LogP) is 1.81. The Morgan fingerprint density at radius 2 is 2.09 bits per heavy atom. The molecule has 1 rings (SSSR count). The summed E-state index contributed by atoms with van der Waals surface area (Å²) in [5.74, 6) is 1.07. The van der Waals surface area contributed by atoms with Crippen molar-refractivity contribution in [2.24, 2.45) is 0 Å². The fraction of sp³-hybridized carbons (Fsp3) is 0.400. The van der Waals surface area contributed by atoms with Gasteiger partial charge in [0, 0.05) is 19.5 Å². The van der Waals surface area contributed by atoms with E-state index < -0.39 is 22.1 Å². The average Bonchev–Trinajstić information content (AvgIpc) is 2.46. The van der Waals surface area contributed by atoms with Crippen LogP contribution in [0.5, 0.6) is 11.5 Å². The second kappa shape index (κ2) is 7.88. The van der Waals surface area contributed by atoms with Gasteiger partial charge in [0.25, 0.3) is 0 Å². The van der Waals surface area contributed by atoms with Crippen LogP contribution in [0, 0.1) is 22.5 Å². The first-order chi connectivity index (χ1) is 10.4. The predicted molar refractivity (Wildman–Crippen MR) is 80.5 cm³/mol. The zero-order valence-corrected chi connectivity index (χ0v) is 12.3. The average molecular weight is 306 g/mol. The number of rotatable bonds is 7. The maximum atomic E-state index is 11.7. The number of carbonyl (C=O) groups is 1. The summed E-state index contributed by atoms with van der Waals surface area (Å²) >= 11 is 0. The van der Waals surface area contributed by atoms with Crippen molar-refractivity contribution in [3.8, 4) is 23.8 Å². The van der Waals surface area contributed by atoms with Crippen molar-refractivity contribution >= 4 is 11.6 Å². The number of terminal acetylenes is 1. The minimum atomic E-state index is -0.753. The molecule has 0 aliphatic rings. The van der Waals surface area contributed by atoms with Gasteiger partial charge in [-0.3, -0.25) is 14.9 Å². The Balaban J connectivity index is 2.54. The molecule has 0 aliphatic heterocycles. The van der Waals surface area contributed by atoms with Gasteiger partial charge in [-0.05, 0) is 30.9 Å². The first-order valence-electron chi connectivity index (χ1n) is 6.73. The first-order valence-corrected chi connectivity index (χ1v) is 6.73. The first kappa shape index (κ1) is 17.3. The molecule has 0 aliphatic carbocycles. The standard InChI is InChI=1S/C15H18N2O5/c1-3-8-16(2)14(19)7-5-4-6-11-9-12(17(21)22)15(20)13(18)10-11/h1,9-10,18,20H,4-8H2,2H3. The number of phenolic OH excluding ortho intramolecular Hbond substituents is 2. The fourth-order valence-corrected chi connectivity index (χ4v) is 1.97. The van der Waals surface area contributed by atoms with Crippen LogP contribution in [0.1, 0.15) is 24.8 Å². The van der Waals surface area contributed by atoms with Gasteiger partial charge in [0.15, 0.2) is 5.75 Å². The molecule has 7 nitrogen and oxygen atoms in total. The molecule has 1 amide bonds. The highest BCUT2D eigenvalue weighted by Crippen LogP contribution is 2.36. The molecule has 0 saturated heterocycles. The number of benzene rings is 1. The van der Waals surface area contributed by atoms with E-state index in [-0.39, 0.29) is 12.5 Å². The topological polar surface area (TPSA) is 104 Å². The number of phenols is 2. The summed E-state index contributed by atoms with van der Waals surface area (Å²) in [5.41, 5.74) is 0.00579. The molecule has 1 aromatic rings. The molecule has 0 radical (unpaired) electrons. The van der Waals surface area contributed by atoms with E-state index in [9.17, 15) is 25.1 Å². The van der Waals surface area contributed by atoms with E-state index in [4.69, 9.17) is 6.42 Å². The number of nitro groups is 1. The monoisotopic (exact) mass is 306 g/mol. The van der Waals surface area contributed by atoms with Gasteiger partial charge < -0.3 is 15.1 Å². The molecule has 1 aromatic carbocycles. The van der Waals surface area contributed by atoms with Crippen molar-refractivity contribution in [2.45, 2.75) is 25.7 Å². The molecular formula is C15H18N2O5. The third-order valence-electron chi connectivity index (χ3n) is 3.19. The number of amides is 1. The van der Waals surface area contributed by atoms with E-state index in [0.717, 1.165) is 0 Å². The van der Waals surface area contributed by atoms with Gasteiger partial charge >= 0.3 is 5.69 Å². The van der Waals surface area contributed by atoms with Crippen molar-refractivity contribution in [1.82, 2.24) is 4.90 Å². The molecule has 22 heavy (non-hydrogen) atoms. The van der Waals surface area contributed by atoms with Crippen LogP contribution in [-0.4, -0.2) is 39.5 Å². The Kier molecular flexibility index (Phi) is 6.20. The maximum absolute atomic E-state index is 11.7. The van der Waals surface area contributed by atoms with E-state index in [1.54, 1.807) is 7.05 Å². The lowest BCUT2D eigenvalue weighted by atomic mass is 10.0. The summed E-state index contributed by atoms with van der Waals surface area (Å²) in [4.78, 5) is 23.1. The molecule has 0 fully saturated rings. The summed E-state index contributed by atoms with van der Waals surface area (Å²) in [6, 6.07) is 2.51. The largest absolute Gasteiger partial charge is 0.504 e. The maximum Gasteiger partial charge on any atom is 0.314 e. The van der Waals surface area contributed by atoms with Crippen molar-refractivity contribution in [1.29, 1.82) is 0 Å². The van der Waals surface area contributed by atoms with Gasteiger partial charge in [0.1, 0.15) is 0 Å². The number of hydrogen-bond donors (Lipinski definition) is 2. The van der Waals surface area contributed by atoms with E-state index in [2.05, 4.69) is 5.92 Å². The van der Waals surface area contributed by atoms with Gasteiger partial charge in [-0.25, -0.2) is 0 Å². The van der Waals surface area contributed by atoms with E-state index in [1.165, 1.54) is 17.0 Å². The van der Waals surface area contributed by atoms with E-state index in [1.807, 2.05) is 0 Å². The molecule has 2 N–H and O–H groups in total. The summed E-state index contributed by atoms with van der Waals surface area (Å²) in [6.07, 6.45) is 7.14. The molecule has 0 aromatic heterocycles. The molecule has 0 spiro atoms. The minimum Gasteiger partial charge on any atom is -0.504 e. The summed E-state index contributed by atoms with van der Waals surface area (Å²) in [6.45, 7) is 0.261. The number of carbonyl (C=O) groups excluding carboxylic acids is 1. The number of aryl methyl sites for hydroxylation is 1. The Bertz CT molecular complexity index is 607. The zero-order chi connectivity index (χ0) is 16.7. The van der Waals surface area contributed by atoms with Crippen LogP contribution in [0.15, 0.2) is 12.1 Å². The number of aromatic hydroxyl groups is 2. The number of unbranched alkanes of at least 4 members (excludes halogenated alkanes) is 1. The lowest BCUT2D eigenvalue weighted by Crippen LogP contribution is -2.26. The van der Waals surface area contributed by atoms with Gasteiger partial charge in [0.2, 0.25) is 11.7 Å². The van der Waals surface area contributed by atoms with E-state index >= 15 is 0 Å². The molecule has 0 saturated carbocycles. The molecule has 118 valence electrons. The van der Waals surface area contributed by atoms with Crippen molar-refractivity contribution in [2.75, 3.05) is 13.6 Å². The van der Waals surface area contributed by atoms with Crippen molar-refractivity contribution in [3.05, 3.63) is 27.8 Å². The highest BCUT2D eigenvalue weighted by Gasteiger charge is 2.18. The van der Waals surface area contributed by atoms with Gasteiger partial charge in [-0.1, -0.05) is 5.92 Å². The molecule has 0 bridgehead atoms. The Morgan fingerprint density at radius 3 is 2.68 bits per heavy atom. The molecule has 0 heterocycles. The van der Waals surface area contributed by atoms with Gasteiger partial charge in [-0.15, -0.1) is 6.42 Å². The fourth-order valence-electron chi connectivity index (χ4n) is 1.97. The van der Waals surface area contributed by atoms with Crippen LogP contribution in [-0.2, 0) is 11.2 Å². The van der Waals surface area contributed by atoms with Crippen LogP contribution in [0.25, 0.3) is 0 Å². The second-order valence-corrected chi connectivity index (χ2v) is 4.90. The minimum absolute atomic E-state index is 0.0579. The lowest BCUT2D eigenvalue weighted by Gasteiger charge is -2.13. The Labute approximate surface area is 128 Å². The number of nitro benzene ring substituents is 1.